The highest BCUT2D eigenvalue weighted by molar-refractivity contribution is 5.58. The number of nitrogens with zero attached hydrogens (tertiary/aromatic N) is 2. The molecule has 2 N–H and O–H groups in total. The topological polar surface area (TPSA) is 99.2 Å². The smallest absolute Gasteiger partial charge is 0.287 e. The van der Waals surface area contributed by atoms with Crippen LogP contribution in [0.1, 0.15) is 25.8 Å². The van der Waals surface area contributed by atoms with E-state index >= 15 is 0 Å². The third-order valence-corrected chi connectivity index (χ3v) is 2.85. The Labute approximate surface area is 111 Å². The molecule has 0 aliphatic rings. The van der Waals surface area contributed by atoms with Gasteiger partial charge in [0.15, 0.2) is 0 Å². The number of hydrogen-bond acceptors (Lipinski definition) is 5. The molecule has 0 amide bonds. The molecule has 0 spiro atoms. The number of nitro groups is 1. The second-order valence-corrected chi connectivity index (χ2v) is 4.63. The summed E-state index contributed by atoms with van der Waals surface area (Å²) in [5, 5.41) is 32.2. The van der Waals surface area contributed by atoms with Gasteiger partial charge in [0.05, 0.1) is 11.0 Å². The SMILES string of the molecule is CC(C)[C@H](O)CCNc1ccc([N+](=O)[O-])c(C#N)c1. The van der Waals surface area contributed by atoms with Crippen LogP contribution in [0.3, 0.4) is 0 Å². The normalized spacial score (nSPS) is 11.9. The van der Waals surface area contributed by atoms with E-state index in [0.29, 0.717) is 18.7 Å². The van der Waals surface area contributed by atoms with Crippen molar-refractivity contribution in [3.05, 3.63) is 33.9 Å². The van der Waals surface area contributed by atoms with Crippen molar-refractivity contribution < 1.29 is 10.0 Å². The van der Waals surface area contributed by atoms with Crippen molar-refractivity contribution in [2.24, 2.45) is 5.92 Å². The summed E-state index contributed by atoms with van der Waals surface area (Å²) in [5.41, 5.74) is 0.466. The summed E-state index contributed by atoms with van der Waals surface area (Å²) < 4.78 is 0. The van der Waals surface area contributed by atoms with Crippen LogP contribution in [0, 0.1) is 27.4 Å². The van der Waals surface area contributed by atoms with Crippen molar-refractivity contribution >= 4 is 11.4 Å². The molecule has 0 aliphatic carbocycles. The molecule has 0 heterocycles. The van der Waals surface area contributed by atoms with Gasteiger partial charge in [-0.05, 0) is 24.5 Å². The van der Waals surface area contributed by atoms with Gasteiger partial charge in [0, 0.05) is 18.3 Å². The van der Waals surface area contributed by atoms with Crippen LogP contribution in [0.4, 0.5) is 11.4 Å². The van der Waals surface area contributed by atoms with Crippen molar-refractivity contribution in [3.63, 3.8) is 0 Å². The molecule has 0 fully saturated rings. The lowest BCUT2D eigenvalue weighted by Crippen LogP contribution is -2.18. The van der Waals surface area contributed by atoms with E-state index < -0.39 is 4.92 Å². The Morgan fingerprint density at radius 2 is 2.21 bits per heavy atom. The number of hydrogen-bond donors (Lipinski definition) is 2. The summed E-state index contributed by atoms with van der Waals surface area (Å²) in [5.74, 6) is 0.188. The first-order chi connectivity index (χ1) is 8.95. The van der Waals surface area contributed by atoms with E-state index in [2.05, 4.69) is 5.32 Å². The fourth-order valence-corrected chi connectivity index (χ4v) is 1.59. The Kier molecular flexibility index (Phi) is 5.27. The van der Waals surface area contributed by atoms with Gasteiger partial charge in [-0.1, -0.05) is 13.8 Å². The number of benzene rings is 1. The minimum Gasteiger partial charge on any atom is -0.393 e. The van der Waals surface area contributed by atoms with Crippen LogP contribution in [0.15, 0.2) is 18.2 Å². The Bertz CT molecular complexity index is 494. The molecule has 1 rings (SSSR count). The molecular weight excluding hydrogens is 246 g/mol. The predicted molar refractivity (Wildman–Crippen MR) is 71.8 cm³/mol. The maximum atomic E-state index is 10.7. The molecule has 0 bridgehead atoms. The molecule has 1 atom stereocenters. The zero-order chi connectivity index (χ0) is 14.4. The zero-order valence-electron chi connectivity index (χ0n) is 11.0. The van der Waals surface area contributed by atoms with Crippen LogP contribution < -0.4 is 5.32 Å². The number of nitriles is 1. The van der Waals surface area contributed by atoms with E-state index in [4.69, 9.17) is 5.26 Å². The van der Waals surface area contributed by atoms with Gasteiger partial charge in [-0.15, -0.1) is 0 Å². The summed E-state index contributed by atoms with van der Waals surface area (Å²) in [4.78, 5) is 10.1. The largest absolute Gasteiger partial charge is 0.393 e. The quantitative estimate of drug-likeness (QED) is 0.606. The number of aliphatic hydroxyl groups is 1. The van der Waals surface area contributed by atoms with Crippen LogP contribution >= 0.6 is 0 Å². The average molecular weight is 263 g/mol. The summed E-state index contributed by atoms with van der Waals surface area (Å²) in [7, 11) is 0. The van der Waals surface area contributed by atoms with Gasteiger partial charge in [0.2, 0.25) is 0 Å². The standard InChI is InChI=1S/C13H17N3O3/c1-9(2)13(17)5-6-15-11-3-4-12(16(18)19)10(7-11)8-14/h3-4,7,9,13,15,17H,5-6H2,1-2H3/t13-/m1/s1. The Morgan fingerprint density at radius 3 is 2.74 bits per heavy atom. The molecule has 0 saturated heterocycles. The number of anilines is 1. The van der Waals surface area contributed by atoms with Gasteiger partial charge in [-0.25, -0.2) is 0 Å². The lowest BCUT2D eigenvalue weighted by Gasteiger charge is -2.15. The molecule has 19 heavy (non-hydrogen) atoms. The molecule has 0 radical (unpaired) electrons. The van der Waals surface area contributed by atoms with Crippen molar-refractivity contribution in [2.75, 3.05) is 11.9 Å². The lowest BCUT2D eigenvalue weighted by molar-refractivity contribution is -0.385. The van der Waals surface area contributed by atoms with E-state index in [1.165, 1.54) is 12.1 Å². The summed E-state index contributed by atoms with van der Waals surface area (Å²) in [6.07, 6.45) is 0.192. The Hall–Kier alpha value is -2.13. The van der Waals surface area contributed by atoms with Gasteiger partial charge in [0.25, 0.3) is 5.69 Å². The third-order valence-electron chi connectivity index (χ3n) is 2.85. The molecular formula is C13H17N3O3. The predicted octanol–water partition coefficient (Wildman–Crippen LogP) is 2.29. The van der Waals surface area contributed by atoms with E-state index in [9.17, 15) is 15.2 Å². The van der Waals surface area contributed by atoms with Crippen molar-refractivity contribution in [3.8, 4) is 6.07 Å². The summed E-state index contributed by atoms with van der Waals surface area (Å²) in [6, 6.07) is 6.11. The summed E-state index contributed by atoms with van der Waals surface area (Å²) in [6.45, 7) is 4.41. The van der Waals surface area contributed by atoms with Crippen LogP contribution in [0.25, 0.3) is 0 Å². The first-order valence-electron chi connectivity index (χ1n) is 6.06. The molecule has 1 aromatic carbocycles. The highest BCUT2D eigenvalue weighted by atomic mass is 16.6. The monoisotopic (exact) mass is 263 g/mol. The first-order valence-corrected chi connectivity index (χ1v) is 6.06. The van der Waals surface area contributed by atoms with Crippen molar-refractivity contribution in [1.82, 2.24) is 0 Å². The third kappa shape index (κ3) is 4.23. The van der Waals surface area contributed by atoms with E-state index in [1.54, 1.807) is 12.1 Å². The van der Waals surface area contributed by atoms with Crippen molar-refractivity contribution in [2.45, 2.75) is 26.4 Å². The molecule has 0 aromatic heterocycles. The lowest BCUT2D eigenvalue weighted by atomic mass is 10.0. The van der Waals surface area contributed by atoms with Crippen molar-refractivity contribution in [1.29, 1.82) is 5.26 Å². The molecule has 0 unspecified atom stereocenters. The van der Waals surface area contributed by atoms with Crippen LogP contribution in [0.2, 0.25) is 0 Å². The molecule has 6 nitrogen and oxygen atoms in total. The molecule has 0 saturated carbocycles. The highest BCUT2D eigenvalue weighted by Gasteiger charge is 2.14. The molecule has 6 heteroatoms. The number of nitrogens with one attached hydrogen (secondary N) is 1. The number of nitro benzene ring substituents is 1. The Morgan fingerprint density at radius 1 is 1.53 bits per heavy atom. The second kappa shape index (κ2) is 6.71. The molecule has 1 aromatic rings. The van der Waals surface area contributed by atoms with E-state index in [1.807, 2.05) is 13.8 Å². The van der Waals surface area contributed by atoms with Gasteiger partial charge in [0.1, 0.15) is 11.6 Å². The fourth-order valence-electron chi connectivity index (χ4n) is 1.59. The molecule has 102 valence electrons. The van der Waals surface area contributed by atoms with Gasteiger partial charge in [-0.2, -0.15) is 5.26 Å². The van der Waals surface area contributed by atoms with Gasteiger partial charge < -0.3 is 10.4 Å². The fraction of sp³-hybridized carbons (Fsp3) is 0.462. The van der Waals surface area contributed by atoms with Crippen LogP contribution in [-0.4, -0.2) is 22.7 Å². The van der Waals surface area contributed by atoms with E-state index in [0.717, 1.165) is 0 Å². The van der Waals surface area contributed by atoms with Gasteiger partial charge in [-0.3, -0.25) is 10.1 Å². The van der Waals surface area contributed by atoms with E-state index in [-0.39, 0.29) is 23.3 Å². The molecule has 0 aliphatic heterocycles. The van der Waals surface area contributed by atoms with Crippen LogP contribution in [0.5, 0.6) is 0 Å². The highest BCUT2D eigenvalue weighted by Crippen LogP contribution is 2.21. The number of aliphatic hydroxyl groups excluding tert-OH is 1. The zero-order valence-corrected chi connectivity index (χ0v) is 11.0. The second-order valence-electron chi connectivity index (χ2n) is 4.63. The Balaban J connectivity index is 2.66. The maximum absolute atomic E-state index is 10.7. The minimum absolute atomic E-state index is 0.0272. The minimum atomic E-state index is -0.579. The first kappa shape index (κ1) is 14.9. The number of rotatable bonds is 6. The van der Waals surface area contributed by atoms with Crippen LogP contribution in [-0.2, 0) is 0 Å². The maximum Gasteiger partial charge on any atom is 0.287 e. The summed E-state index contributed by atoms with van der Waals surface area (Å²) >= 11 is 0. The van der Waals surface area contributed by atoms with Gasteiger partial charge >= 0.3 is 0 Å². The average Bonchev–Trinajstić information content (AvgIpc) is 2.37.